The lowest BCUT2D eigenvalue weighted by molar-refractivity contribution is -0.0503. The van der Waals surface area contributed by atoms with Crippen LogP contribution in [0.5, 0.6) is 5.75 Å². The molecule has 6 nitrogen and oxygen atoms in total. The molecule has 168 valence electrons. The van der Waals surface area contributed by atoms with Crippen LogP contribution in [-0.4, -0.2) is 35.4 Å². The van der Waals surface area contributed by atoms with Crippen molar-refractivity contribution < 1.29 is 13.5 Å². The van der Waals surface area contributed by atoms with Crippen LogP contribution in [0.2, 0.25) is 10.0 Å². The molecule has 0 aliphatic rings. The lowest BCUT2D eigenvalue weighted by atomic mass is 10.1. The van der Waals surface area contributed by atoms with Gasteiger partial charge < -0.3 is 15.4 Å². The molecular formula is C19H26Cl2F2IN5O. The molecule has 0 radical (unpaired) electrons. The minimum absolute atomic E-state index is 0. The summed E-state index contributed by atoms with van der Waals surface area (Å²) < 4.78 is 31.8. The van der Waals surface area contributed by atoms with E-state index in [9.17, 15) is 8.78 Å². The molecule has 0 amide bonds. The molecule has 0 aliphatic heterocycles. The number of guanidine groups is 1. The largest absolute Gasteiger partial charge is 0.433 e. The summed E-state index contributed by atoms with van der Waals surface area (Å²) >= 11 is 12.0. The van der Waals surface area contributed by atoms with Crippen molar-refractivity contribution in [3.63, 3.8) is 0 Å². The molecule has 0 unspecified atom stereocenters. The van der Waals surface area contributed by atoms with Crippen molar-refractivity contribution in [2.24, 2.45) is 12.0 Å². The first kappa shape index (κ1) is 26.7. The van der Waals surface area contributed by atoms with Crippen molar-refractivity contribution in [1.82, 2.24) is 20.4 Å². The van der Waals surface area contributed by atoms with E-state index in [1.54, 1.807) is 0 Å². The van der Waals surface area contributed by atoms with E-state index >= 15 is 0 Å². The number of hydrogen-bond donors (Lipinski definition) is 2. The van der Waals surface area contributed by atoms with E-state index in [2.05, 4.69) is 25.5 Å². The number of ether oxygens (including phenoxy) is 1. The first-order chi connectivity index (χ1) is 13.7. The summed E-state index contributed by atoms with van der Waals surface area (Å²) in [6.07, 6.45) is 0.776. The minimum atomic E-state index is -2.99. The smallest absolute Gasteiger partial charge is 0.387 e. The number of benzene rings is 1. The molecule has 0 fully saturated rings. The van der Waals surface area contributed by atoms with Crippen LogP contribution >= 0.6 is 47.2 Å². The number of nitrogens with one attached hydrogen (secondary N) is 2. The zero-order valence-electron chi connectivity index (χ0n) is 17.2. The van der Waals surface area contributed by atoms with E-state index in [-0.39, 0.29) is 41.3 Å². The van der Waals surface area contributed by atoms with Gasteiger partial charge in [-0.1, -0.05) is 23.2 Å². The molecule has 11 heteroatoms. The first-order valence-corrected chi connectivity index (χ1v) is 9.92. The second-order valence-electron chi connectivity index (χ2n) is 6.40. The predicted octanol–water partition coefficient (Wildman–Crippen LogP) is 4.86. The van der Waals surface area contributed by atoms with Gasteiger partial charge in [0, 0.05) is 36.4 Å². The van der Waals surface area contributed by atoms with Gasteiger partial charge in [0.05, 0.1) is 17.3 Å². The summed E-state index contributed by atoms with van der Waals surface area (Å²) in [4.78, 5) is 4.45. The third-order valence-corrected chi connectivity index (χ3v) is 4.87. The Morgan fingerprint density at radius 2 is 1.97 bits per heavy atom. The highest BCUT2D eigenvalue weighted by Crippen LogP contribution is 2.34. The van der Waals surface area contributed by atoms with Crippen LogP contribution in [0.25, 0.3) is 0 Å². The van der Waals surface area contributed by atoms with Gasteiger partial charge in [0.15, 0.2) is 5.96 Å². The fourth-order valence-electron chi connectivity index (χ4n) is 2.94. The minimum Gasteiger partial charge on any atom is -0.433 e. The number of aromatic nitrogens is 2. The topological polar surface area (TPSA) is 63.5 Å². The van der Waals surface area contributed by atoms with E-state index in [1.807, 2.05) is 32.5 Å². The van der Waals surface area contributed by atoms with Gasteiger partial charge in [0.2, 0.25) is 0 Å². The van der Waals surface area contributed by atoms with Crippen LogP contribution < -0.4 is 15.4 Å². The summed E-state index contributed by atoms with van der Waals surface area (Å²) in [6, 6.07) is 2.87. The molecule has 0 aliphatic carbocycles. The third kappa shape index (κ3) is 7.42. The standard InChI is InChI=1S/C19H25Cl2F2N5O.HI/c1-5-24-19(25-7-6-15-11(2)27-28(4)12(15)3)26-10-13-8-14(20)9-16(21)17(13)29-18(22)23;/h8-9,18H,5-7,10H2,1-4H3,(H2,24,25,26);1H. The molecule has 0 bridgehead atoms. The van der Waals surface area contributed by atoms with Crippen LogP contribution in [-0.2, 0) is 20.0 Å². The van der Waals surface area contributed by atoms with Gasteiger partial charge in [-0.3, -0.25) is 4.68 Å². The summed E-state index contributed by atoms with van der Waals surface area (Å²) in [6.45, 7) is 4.31. The van der Waals surface area contributed by atoms with Gasteiger partial charge in [-0.25, -0.2) is 4.99 Å². The average Bonchev–Trinajstić information content (AvgIpc) is 2.87. The Balaban J connectivity index is 0.00000450. The Hall–Kier alpha value is -1.33. The maximum atomic E-state index is 12.7. The molecule has 0 saturated heterocycles. The maximum absolute atomic E-state index is 12.7. The number of halogens is 5. The second-order valence-corrected chi connectivity index (χ2v) is 7.24. The van der Waals surface area contributed by atoms with Gasteiger partial charge >= 0.3 is 6.61 Å². The Morgan fingerprint density at radius 1 is 1.27 bits per heavy atom. The second kappa shape index (κ2) is 12.5. The maximum Gasteiger partial charge on any atom is 0.387 e. The summed E-state index contributed by atoms with van der Waals surface area (Å²) in [5.41, 5.74) is 3.67. The van der Waals surface area contributed by atoms with Crippen LogP contribution in [0.4, 0.5) is 8.78 Å². The van der Waals surface area contributed by atoms with Gasteiger partial charge in [-0.15, -0.1) is 24.0 Å². The third-order valence-electron chi connectivity index (χ3n) is 4.37. The molecule has 0 atom stereocenters. The van der Waals surface area contributed by atoms with Crippen molar-refractivity contribution in [2.75, 3.05) is 13.1 Å². The quantitative estimate of drug-likeness (QED) is 0.268. The predicted molar refractivity (Wildman–Crippen MR) is 128 cm³/mol. The molecule has 0 spiro atoms. The Morgan fingerprint density at radius 3 is 2.53 bits per heavy atom. The monoisotopic (exact) mass is 575 g/mol. The molecule has 1 aromatic carbocycles. The van der Waals surface area contributed by atoms with Crippen LogP contribution in [0.3, 0.4) is 0 Å². The fraction of sp³-hybridized carbons (Fsp3) is 0.474. The van der Waals surface area contributed by atoms with Crippen molar-refractivity contribution in [3.05, 3.63) is 44.7 Å². The summed E-state index contributed by atoms with van der Waals surface area (Å²) in [5.74, 6) is 0.429. The van der Waals surface area contributed by atoms with Crippen molar-refractivity contribution in [2.45, 2.75) is 40.3 Å². The fourth-order valence-corrected chi connectivity index (χ4v) is 3.52. The number of alkyl halides is 2. The molecule has 30 heavy (non-hydrogen) atoms. The molecule has 1 heterocycles. The SMILES string of the molecule is CCNC(=NCc1cc(Cl)cc(Cl)c1OC(F)F)NCCc1c(C)nn(C)c1C.I. The van der Waals surface area contributed by atoms with Crippen molar-refractivity contribution in [1.29, 1.82) is 0 Å². The Labute approximate surface area is 202 Å². The van der Waals surface area contributed by atoms with Crippen molar-refractivity contribution >= 4 is 53.1 Å². The highest BCUT2D eigenvalue weighted by atomic mass is 127. The molecule has 2 N–H and O–H groups in total. The zero-order chi connectivity index (χ0) is 21.6. The lowest BCUT2D eigenvalue weighted by Crippen LogP contribution is -2.38. The van der Waals surface area contributed by atoms with Crippen LogP contribution in [0.1, 0.15) is 29.4 Å². The number of rotatable bonds is 8. The number of aliphatic imine (C=N–C) groups is 1. The van der Waals surface area contributed by atoms with Crippen molar-refractivity contribution in [3.8, 4) is 5.75 Å². The molecule has 2 aromatic rings. The van der Waals surface area contributed by atoms with E-state index in [0.29, 0.717) is 29.6 Å². The van der Waals surface area contributed by atoms with Gasteiger partial charge in [-0.2, -0.15) is 13.9 Å². The Kier molecular flexibility index (Phi) is 11.1. The summed E-state index contributed by atoms with van der Waals surface area (Å²) in [5, 5.41) is 11.1. The van der Waals surface area contributed by atoms with E-state index in [1.165, 1.54) is 17.7 Å². The zero-order valence-corrected chi connectivity index (χ0v) is 21.1. The number of hydrogen-bond acceptors (Lipinski definition) is 3. The van der Waals surface area contributed by atoms with Crippen LogP contribution in [0.15, 0.2) is 17.1 Å². The highest BCUT2D eigenvalue weighted by molar-refractivity contribution is 14.0. The average molecular weight is 576 g/mol. The lowest BCUT2D eigenvalue weighted by Gasteiger charge is -2.14. The molecule has 0 saturated carbocycles. The Bertz CT molecular complexity index is 877. The molecule has 2 rings (SSSR count). The van der Waals surface area contributed by atoms with E-state index < -0.39 is 6.61 Å². The highest BCUT2D eigenvalue weighted by Gasteiger charge is 2.15. The molecular weight excluding hydrogens is 550 g/mol. The summed E-state index contributed by atoms with van der Waals surface area (Å²) in [7, 11) is 1.92. The van der Waals surface area contributed by atoms with Gasteiger partial charge in [-0.05, 0) is 44.9 Å². The first-order valence-electron chi connectivity index (χ1n) is 9.16. The van der Waals surface area contributed by atoms with Gasteiger partial charge in [0.25, 0.3) is 0 Å². The van der Waals surface area contributed by atoms with Crippen LogP contribution in [0, 0.1) is 13.8 Å². The van der Waals surface area contributed by atoms with E-state index in [0.717, 1.165) is 17.8 Å². The van der Waals surface area contributed by atoms with E-state index in [4.69, 9.17) is 23.2 Å². The number of nitrogens with zero attached hydrogens (tertiary/aromatic N) is 3. The normalized spacial score (nSPS) is 11.4. The van der Waals surface area contributed by atoms with Gasteiger partial charge in [0.1, 0.15) is 5.75 Å². The number of aryl methyl sites for hydroxylation is 2. The molecule has 1 aromatic heterocycles.